The van der Waals surface area contributed by atoms with Gasteiger partial charge in [0.05, 0.1) is 43.6 Å². The van der Waals surface area contributed by atoms with Crippen LogP contribution < -0.4 is 24.0 Å². The van der Waals surface area contributed by atoms with Crippen molar-refractivity contribution in [3.8, 4) is 28.6 Å². The van der Waals surface area contributed by atoms with Gasteiger partial charge in [-0.1, -0.05) is 42.1 Å². The highest BCUT2D eigenvalue weighted by Crippen LogP contribution is 2.48. The molecule has 0 radical (unpaired) electrons. The molecule has 3 atom stereocenters. The topological polar surface area (TPSA) is 113 Å². The zero-order chi connectivity index (χ0) is 45.6. The van der Waals surface area contributed by atoms with Crippen molar-refractivity contribution >= 4 is 45.2 Å². The van der Waals surface area contributed by atoms with Crippen molar-refractivity contribution in [3.63, 3.8) is 0 Å². The third-order valence-corrected chi connectivity index (χ3v) is 12.7. The number of hydrogen-bond acceptors (Lipinski definition) is 12. The second-order valence-electron chi connectivity index (χ2n) is 16.3. The quantitative estimate of drug-likeness (QED) is 0.0661. The molecule has 2 aliphatic rings. The highest BCUT2D eigenvalue weighted by molar-refractivity contribution is 7.98. The van der Waals surface area contributed by atoms with E-state index in [1.54, 1.807) is 31.4 Å². The second kappa shape index (κ2) is 18.0. The molecule has 9 rings (SSSR count). The van der Waals surface area contributed by atoms with Crippen LogP contribution in [0.5, 0.6) is 17.4 Å². The van der Waals surface area contributed by atoms with Crippen LogP contribution in [0, 0.1) is 12.7 Å². The first-order chi connectivity index (χ1) is 31.4. The van der Waals surface area contributed by atoms with Crippen LogP contribution in [0.2, 0.25) is 0 Å². The lowest BCUT2D eigenvalue weighted by molar-refractivity contribution is -0.137. The van der Waals surface area contributed by atoms with E-state index in [0.29, 0.717) is 43.3 Å². The number of halogens is 4. The summed E-state index contributed by atoms with van der Waals surface area (Å²) in [4.78, 5) is 23.5. The Morgan fingerprint density at radius 1 is 0.954 bits per heavy atom. The van der Waals surface area contributed by atoms with Crippen molar-refractivity contribution in [2.24, 2.45) is 0 Å². The Morgan fingerprint density at radius 3 is 2.26 bits per heavy atom. The average molecular weight is 909 g/mol. The lowest BCUT2D eigenvalue weighted by Crippen LogP contribution is -2.39. The van der Waals surface area contributed by atoms with Gasteiger partial charge in [0.15, 0.2) is 17.2 Å². The molecule has 7 aromatic rings. The zero-order valence-electron chi connectivity index (χ0n) is 36.8. The van der Waals surface area contributed by atoms with E-state index in [0.717, 1.165) is 41.0 Å². The minimum Gasteiger partial charge on any atom is -0.497 e. The predicted octanol–water partition coefficient (Wildman–Crippen LogP) is 10.9. The number of ether oxygens (including phenoxy) is 4. The summed E-state index contributed by atoms with van der Waals surface area (Å²) in [6.07, 6.45) is 1.91. The Bertz CT molecular complexity index is 2810. The molecule has 65 heavy (non-hydrogen) atoms. The van der Waals surface area contributed by atoms with Gasteiger partial charge in [-0.05, 0) is 99.4 Å². The van der Waals surface area contributed by atoms with Gasteiger partial charge in [-0.3, -0.25) is 0 Å². The number of benzene rings is 3. The number of methoxy groups -OCH3 is 2. The van der Waals surface area contributed by atoms with Gasteiger partial charge in [0.25, 0.3) is 0 Å². The number of rotatable bonds is 12. The van der Waals surface area contributed by atoms with E-state index >= 15 is 17.6 Å². The Kier molecular flexibility index (Phi) is 12.2. The maximum atomic E-state index is 17.7. The van der Waals surface area contributed by atoms with Gasteiger partial charge in [0.1, 0.15) is 46.3 Å². The minimum atomic E-state index is -4.87. The number of nitrogens with zero attached hydrogens (tertiary/aromatic N) is 8. The maximum Gasteiger partial charge on any atom is 0.417 e. The fraction of sp³-hybridized carbons (Fsp3) is 0.354. The van der Waals surface area contributed by atoms with Crippen LogP contribution in [0.1, 0.15) is 73.2 Å². The van der Waals surface area contributed by atoms with Gasteiger partial charge in [0, 0.05) is 42.4 Å². The number of hydrogen-bond donors (Lipinski definition) is 0. The Hall–Kier alpha value is -6.20. The number of anilines is 2. The molecule has 0 bridgehead atoms. The number of thioether (sulfide) groups is 1. The van der Waals surface area contributed by atoms with Crippen molar-refractivity contribution in [2.45, 2.75) is 82.8 Å². The van der Waals surface area contributed by atoms with Crippen LogP contribution in [0.4, 0.5) is 29.2 Å². The number of fused-ring (bicyclic) bond motifs is 1. The van der Waals surface area contributed by atoms with E-state index in [2.05, 4.69) is 20.0 Å². The van der Waals surface area contributed by atoms with Crippen LogP contribution in [-0.4, -0.2) is 69.4 Å². The summed E-state index contributed by atoms with van der Waals surface area (Å²) in [6.45, 7) is 6.90. The Balaban J connectivity index is 1.19. The zero-order valence-corrected chi connectivity index (χ0v) is 37.6. The number of pyridine rings is 2. The maximum absolute atomic E-state index is 17.7. The molecule has 17 heteroatoms. The molecule has 0 N–H and O–H groups in total. The van der Waals surface area contributed by atoms with Crippen LogP contribution in [-0.2, 0) is 24.0 Å². The molecule has 1 saturated heterocycles. The molecule has 1 fully saturated rings. The molecule has 0 amide bonds. The van der Waals surface area contributed by atoms with Crippen molar-refractivity contribution in [3.05, 3.63) is 113 Å². The highest BCUT2D eigenvalue weighted by atomic mass is 32.2. The summed E-state index contributed by atoms with van der Waals surface area (Å²) in [5, 5.41) is 4.97. The van der Waals surface area contributed by atoms with Gasteiger partial charge in [0.2, 0.25) is 5.88 Å². The standard InChI is InChI=1S/C48H48F4N8O4S/c1-27-22-36-35(23-54-60(36)37-11-7-8-21-63-37)38(40(27)48(50,51)52)42-41(49)43-39-45(57-47(56-43)65-6)59(28(2)26-64-46(39)55-42)29(3)34-10-9-20-53-44(34)58(24-30-12-16-32(61-4)17-13-30)25-31-14-18-33(62-5)19-15-31/h9-10,12-20,22-23,28-29,37H,7-8,11,21,24-26H2,1-6H3/t28-,29+,37?/m0/s1. The van der Waals surface area contributed by atoms with Gasteiger partial charge in [-0.25, -0.2) is 29.0 Å². The number of aryl methyl sites for hydroxylation is 1. The van der Waals surface area contributed by atoms with Gasteiger partial charge in [-0.15, -0.1) is 0 Å². The molecule has 3 aromatic carbocycles. The fourth-order valence-electron chi connectivity index (χ4n) is 9.04. The van der Waals surface area contributed by atoms with Crippen LogP contribution >= 0.6 is 11.8 Å². The third kappa shape index (κ3) is 8.35. The third-order valence-electron chi connectivity index (χ3n) is 12.2. The van der Waals surface area contributed by atoms with E-state index in [9.17, 15) is 0 Å². The minimum absolute atomic E-state index is 0.0474. The van der Waals surface area contributed by atoms with Crippen molar-refractivity contribution in [2.75, 3.05) is 43.5 Å². The summed E-state index contributed by atoms with van der Waals surface area (Å²) in [6, 6.07) is 20.2. The molecule has 2 aliphatic heterocycles. The number of aromatic nitrogens is 6. The predicted molar refractivity (Wildman–Crippen MR) is 242 cm³/mol. The molecule has 12 nitrogen and oxygen atoms in total. The van der Waals surface area contributed by atoms with Gasteiger partial charge >= 0.3 is 6.18 Å². The smallest absolute Gasteiger partial charge is 0.417 e. The van der Waals surface area contributed by atoms with Crippen LogP contribution in [0.25, 0.3) is 33.1 Å². The Morgan fingerprint density at radius 2 is 1.65 bits per heavy atom. The molecular weight excluding hydrogens is 861 g/mol. The van der Waals surface area contributed by atoms with Crippen LogP contribution in [0.3, 0.4) is 0 Å². The molecule has 338 valence electrons. The molecule has 4 aromatic heterocycles. The van der Waals surface area contributed by atoms with Gasteiger partial charge in [-0.2, -0.15) is 18.3 Å². The van der Waals surface area contributed by atoms with E-state index < -0.39 is 47.1 Å². The van der Waals surface area contributed by atoms with E-state index in [1.807, 2.05) is 79.4 Å². The van der Waals surface area contributed by atoms with Gasteiger partial charge < -0.3 is 28.7 Å². The monoisotopic (exact) mass is 908 g/mol. The summed E-state index contributed by atoms with van der Waals surface area (Å²) in [5.74, 6) is 1.43. The Labute approximate surface area is 377 Å². The normalized spacial score (nSPS) is 16.9. The number of alkyl halides is 3. The molecule has 0 spiro atoms. The lowest BCUT2D eigenvalue weighted by atomic mass is 9.94. The van der Waals surface area contributed by atoms with E-state index in [4.69, 9.17) is 28.9 Å². The molecule has 6 heterocycles. The van der Waals surface area contributed by atoms with Crippen LogP contribution in [0.15, 0.2) is 84.3 Å². The first-order valence-corrected chi connectivity index (χ1v) is 22.6. The first-order valence-electron chi connectivity index (χ1n) is 21.4. The molecule has 1 unspecified atom stereocenters. The van der Waals surface area contributed by atoms with Crippen molar-refractivity contribution in [1.29, 1.82) is 0 Å². The lowest BCUT2D eigenvalue weighted by Gasteiger charge is -2.37. The largest absolute Gasteiger partial charge is 0.497 e. The molecule has 0 aliphatic carbocycles. The molecule has 0 saturated carbocycles. The SMILES string of the molecule is COc1ccc(CN(Cc2ccc(OC)cc2)c2ncccc2[C@@H](C)N2c3nc(SC)nc4c(F)c(-c5c(C(F)(F)F)c(C)cc6c5cnn6C5CCCCO5)nc(c34)OC[C@@H]2C)cc1. The summed E-state index contributed by atoms with van der Waals surface area (Å²) < 4.78 is 88.2. The average Bonchev–Trinajstić information content (AvgIpc) is 3.68. The molecular formula is C48H48F4N8O4S. The summed E-state index contributed by atoms with van der Waals surface area (Å²) in [7, 11) is 3.26. The van der Waals surface area contributed by atoms with E-state index in [1.165, 1.54) is 30.9 Å². The van der Waals surface area contributed by atoms with Crippen molar-refractivity contribution in [1.82, 2.24) is 29.7 Å². The fourth-order valence-corrected chi connectivity index (χ4v) is 9.40. The second-order valence-corrected chi connectivity index (χ2v) is 17.1. The van der Waals surface area contributed by atoms with E-state index in [-0.39, 0.29) is 39.5 Å². The summed E-state index contributed by atoms with van der Waals surface area (Å²) >= 11 is 1.20. The highest BCUT2D eigenvalue weighted by Gasteiger charge is 2.41. The first kappa shape index (κ1) is 44.0. The summed E-state index contributed by atoms with van der Waals surface area (Å²) in [5.41, 5.74) is 1.00. The van der Waals surface area contributed by atoms with Crippen molar-refractivity contribution < 1.29 is 36.5 Å².